The van der Waals surface area contributed by atoms with E-state index in [1.54, 1.807) is 44.2 Å². The average molecular weight is 373 g/mol. The Balaban J connectivity index is 1.66. The molecule has 2 heterocycles. The minimum absolute atomic E-state index is 0.0387. The third kappa shape index (κ3) is 2.82. The van der Waals surface area contributed by atoms with Gasteiger partial charge in [-0.25, -0.2) is 0 Å². The van der Waals surface area contributed by atoms with E-state index in [4.69, 9.17) is 18.9 Å². The molecule has 1 atom stereocenters. The Morgan fingerprint density at radius 3 is 2.81 bits per heavy atom. The standard InChI is InChI=1S/C19H19NO5S/c1-22-15-5-3-4-13(17(15)23-2)19-20(8-9-26-19)18(21)12-6-7-14-16(10-12)25-11-24-14/h3-7,10,19H,8-9,11H2,1-2H3. The number of thioether (sulfide) groups is 1. The number of amides is 1. The van der Waals surface area contributed by atoms with Gasteiger partial charge in [0.1, 0.15) is 5.37 Å². The lowest BCUT2D eigenvalue weighted by atomic mass is 10.1. The van der Waals surface area contributed by atoms with Crippen molar-refractivity contribution in [2.75, 3.05) is 33.3 Å². The zero-order valence-electron chi connectivity index (χ0n) is 14.6. The van der Waals surface area contributed by atoms with Gasteiger partial charge in [0.25, 0.3) is 5.91 Å². The molecule has 2 aliphatic heterocycles. The van der Waals surface area contributed by atoms with Gasteiger partial charge in [0.05, 0.1) is 14.2 Å². The Kier molecular flexibility index (Phi) is 4.55. The maximum absolute atomic E-state index is 13.1. The number of fused-ring (bicyclic) bond motifs is 1. The fraction of sp³-hybridized carbons (Fsp3) is 0.316. The molecule has 1 amide bonds. The molecule has 136 valence electrons. The monoisotopic (exact) mass is 373 g/mol. The van der Waals surface area contributed by atoms with Crippen LogP contribution in [0.2, 0.25) is 0 Å². The van der Waals surface area contributed by atoms with E-state index in [1.807, 2.05) is 23.1 Å². The van der Waals surface area contributed by atoms with E-state index >= 15 is 0 Å². The molecule has 2 aliphatic rings. The molecule has 0 aliphatic carbocycles. The molecule has 1 fully saturated rings. The third-order valence-electron chi connectivity index (χ3n) is 4.47. The molecule has 2 aromatic rings. The zero-order valence-corrected chi connectivity index (χ0v) is 15.4. The van der Waals surface area contributed by atoms with Crippen molar-refractivity contribution in [2.45, 2.75) is 5.37 Å². The summed E-state index contributed by atoms with van der Waals surface area (Å²) < 4.78 is 21.7. The van der Waals surface area contributed by atoms with Crippen LogP contribution in [0.4, 0.5) is 0 Å². The van der Waals surface area contributed by atoms with E-state index in [9.17, 15) is 4.79 Å². The van der Waals surface area contributed by atoms with Crippen molar-refractivity contribution in [3.8, 4) is 23.0 Å². The Bertz CT molecular complexity index is 841. The summed E-state index contributed by atoms with van der Waals surface area (Å²) in [6.45, 7) is 0.860. The van der Waals surface area contributed by atoms with Crippen molar-refractivity contribution in [3.05, 3.63) is 47.5 Å². The smallest absolute Gasteiger partial charge is 0.255 e. The topological polar surface area (TPSA) is 57.2 Å². The third-order valence-corrected chi connectivity index (χ3v) is 5.71. The van der Waals surface area contributed by atoms with Gasteiger partial charge in [0, 0.05) is 23.4 Å². The normalized spacial score (nSPS) is 18.1. The number of methoxy groups -OCH3 is 2. The molecule has 1 saturated heterocycles. The summed E-state index contributed by atoms with van der Waals surface area (Å²) in [4.78, 5) is 15.0. The first-order valence-electron chi connectivity index (χ1n) is 8.26. The number of carbonyl (C=O) groups excluding carboxylic acids is 1. The molecular weight excluding hydrogens is 354 g/mol. The number of benzene rings is 2. The van der Waals surface area contributed by atoms with Crippen LogP contribution in [0.5, 0.6) is 23.0 Å². The SMILES string of the molecule is COc1cccc(C2SCCN2C(=O)c2ccc3c(c2)OCO3)c1OC. The molecule has 4 rings (SSSR count). The van der Waals surface area contributed by atoms with Crippen molar-refractivity contribution < 1.29 is 23.7 Å². The molecule has 1 unspecified atom stereocenters. The van der Waals surface area contributed by atoms with Gasteiger partial charge in [-0.3, -0.25) is 4.79 Å². The van der Waals surface area contributed by atoms with Gasteiger partial charge in [0.2, 0.25) is 6.79 Å². The first kappa shape index (κ1) is 16.9. The molecule has 0 bridgehead atoms. The minimum Gasteiger partial charge on any atom is -0.493 e. The van der Waals surface area contributed by atoms with Gasteiger partial charge in [0.15, 0.2) is 23.0 Å². The van der Waals surface area contributed by atoms with Crippen LogP contribution in [-0.2, 0) is 0 Å². The van der Waals surface area contributed by atoms with Gasteiger partial charge in [-0.1, -0.05) is 12.1 Å². The molecule has 6 nitrogen and oxygen atoms in total. The fourth-order valence-corrected chi connectivity index (χ4v) is 4.51. The van der Waals surface area contributed by atoms with E-state index in [2.05, 4.69) is 0 Å². The highest BCUT2D eigenvalue weighted by atomic mass is 32.2. The molecule has 0 saturated carbocycles. The second kappa shape index (κ2) is 6.99. The largest absolute Gasteiger partial charge is 0.493 e. The van der Waals surface area contributed by atoms with Gasteiger partial charge >= 0.3 is 0 Å². The number of hydrogen-bond acceptors (Lipinski definition) is 6. The summed E-state index contributed by atoms with van der Waals surface area (Å²) >= 11 is 1.71. The number of carbonyl (C=O) groups is 1. The first-order valence-corrected chi connectivity index (χ1v) is 9.31. The predicted octanol–water partition coefficient (Wildman–Crippen LogP) is 3.32. The van der Waals surface area contributed by atoms with Crippen molar-refractivity contribution >= 4 is 17.7 Å². The lowest BCUT2D eigenvalue weighted by molar-refractivity contribution is 0.0758. The zero-order chi connectivity index (χ0) is 18.1. The molecule has 26 heavy (non-hydrogen) atoms. The van der Waals surface area contributed by atoms with Crippen LogP contribution < -0.4 is 18.9 Å². The van der Waals surface area contributed by atoms with Gasteiger partial charge in [-0.2, -0.15) is 0 Å². The molecule has 0 radical (unpaired) electrons. The highest BCUT2D eigenvalue weighted by Gasteiger charge is 2.34. The molecule has 0 N–H and O–H groups in total. The molecule has 7 heteroatoms. The van der Waals surface area contributed by atoms with E-state index in [-0.39, 0.29) is 18.1 Å². The summed E-state index contributed by atoms with van der Waals surface area (Å²) in [6.07, 6.45) is 0. The maximum Gasteiger partial charge on any atom is 0.255 e. The Morgan fingerprint density at radius 2 is 2.00 bits per heavy atom. The molecule has 0 aromatic heterocycles. The minimum atomic E-state index is -0.127. The number of ether oxygens (including phenoxy) is 4. The Morgan fingerprint density at radius 1 is 1.15 bits per heavy atom. The van der Waals surface area contributed by atoms with E-state index in [0.717, 1.165) is 11.3 Å². The number of hydrogen-bond donors (Lipinski definition) is 0. The van der Waals surface area contributed by atoms with Gasteiger partial charge in [-0.15, -0.1) is 11.8 Å². The highest BCUT2D eigenvalue weighted by molar-refractivity contribution is 7.99. The number of nitrogens with zero attached hydrogens (tertiary/aromatic N) is 1. The second-order valence-electron chi connectivity index (χ2n) is 5.87. The Hall–Kier alpha value is -2.54. The van der Waals surface area contributed by atoms with Gasteiger partial charge in [-0.05, 0) is 24.3 Å². The summed E-state index contributed by atoms with van der Waals surface area (Å²) in [5.41, 5.74) is 1.52. The Labute approximate surface area is 156 Å². The summed E-state index contributed by atoms with van der Waals surface area (Å²) in [5.74, 6) is 3.43. The van der Waals surface area contributed by atoms with Crippen LogP contribution in [0.3, 0.4) is 0 Å². The van der Waals surface area contributed by atoms with Crippen molar-refractivity contribution in [2.24, 2.45) is 0 Å². The quantitative estimate of drug-likeness (QED) is 0.820. The van der Waals surface area contributed by atoms with Crippen LogP contribution in [0.1, 0.15) is 21.3 Å². The average Bonchev–Trinajstić information content (AvgIpc) is 3.35. The number of para-hydroxylation sites is 1. The second-order valence-corrected chi connectivity index (χ2v) is 7.06. The lowest BCUT2D eigenvalue weighted by Crippen LogP contribution is -2.30. The number of rotatable bonds is 4. The predicted molar refractivity (Wildman–Crippen MR) is 98.3 cm³/mol. The highest BCUT2D eigenvalue weighted by Crippen LogP contribution is 2.45. The van der Waals surface area contributed by atoms with Crippen LogP contribution >= 0.6 is 11.8 Å². The fourth-order valence-electron chi connectivity index (χ4n) is 3.24. The van der Waals surface area contributed by atoms with E-state index in [1.165, 1.54) is 0 Å². The van der Waals surface area contributed by atoms with Crippen molar-refractivity contribution in [3.63, 3.8) is 0 Å². The maximum atomic E-state index is 13.1. The van der Waals surface area contributed by atoms with E-state index < -0.39 is 0 Å². The van der Waals surface area contributed by atoms with Crippen LogP contribution in [0, 0.1) is 0 Å². The summed E-state index contributed by atoms with van der Waals surface area (Å²) in [6, 6.07) is 11.0. The van der Waals surface area contributed by atoms with Crippen LogP contribution in [-0.4, -0.2) is 44.1 Å². The molecular formula is C19H19NO5S. The molecule has 0 spiro atoms. The van der Waals surface area contributed by atoms with Crippen LogP contribution in [0.15, 0.2) is 36.4 Å². The van der Waals surface area contributed by atoms with Crippen molar-refractivity contribution in [1.29, 1.82) is 0 Å². The first-order chi connectivity index (χ1) is 12.7. The van der Waals surface area contributed by atoms with E-state index in [0.29, 0.717) is 35.1 Å². The lowest BCUT2D eigenvalue weighted by Gasteiger charge is -2.26. The summed E-state index contributed by atoms with van der Waals surface area (Å²) in [5, 5.41) is -0.127. The van der Waals surface area contributed by atoms with Crippen LogP contribution in [0.25, 0.3) is 0 Å². The van der Waals surface area contributed by atoms with Crippen molar-refractivity contribution in [1.82, 2.24) is 4.90 Å². The molecule has 2 aromatic carbocycles. The summed E-state index contributed by atoms with van der Waals surface area (Å²) in [7, 11) is 3.23. The van der Waals surface area contributed by atoms with Gasteiger partial charge < -0.3 is 23.8 Å².